The van der Waals surface area contributed by atoms with E-state index in [1.807, 2.05) is 4.90 Å². The molecule has 1 fully saturated rings. The number of alkyl halides is 3. The van der Waals surface area contributed by atoms with Crippen molar-refractivity contribution in [2.75, 3.05) is 18.8 Å². The summed E-state index contributed by atoms with van der Waals surface area (Å²) in [6.07, 6.45) is -2.46. The van der Waals surface area contributed by atoms with Crippen molar-refractivity contribution < 1.29 is 18.0 Å². The first-order valence-electron chi connectivity index (χ1n) is 7.19. The van der Waals surface area contributed by atoms with E-state index in [9.17, 15) is 18.0 Å². The molecule has 2 atom stereocenters. The molecule has 0 N–H and O–H groups in total. The molecule has 1 aliphatic rings. The van der Waals surface area contributed by atoms with Crippen LogP contribution in [0.5, 0.6) is 0 Å². The van der Waals surface area contributed by atoms with E-state index < -0.39 is 11.7 Å². The summed E-state index contributed by atoms with van der Waals surface area (Å²) >= 11 is 1.17. The number of halogens is 3. The number of rotatable bonds is 3. The van der Waals surface area contributed by atoms with Crippen molar-refractivity contribution in [3.63, 3.8) is 0 Å². The molecule has 0 bridgehead atoms. The zero-order valence-corrected chi connectivity index (χ0v) is 13.4. The summed E-state index contributed by atoms with van der Waals surface area (Å²) in [5.41, 5.74) is -0.776. The number of pyridine rings is 1. The number of carbonyl (C=O) groups excluding carboxylic acids is 1. The highest BCUT2D eigenvalue weighted by molar-refractivity contribution is 7.99. The van der Waals surface area contributed by atoms with Gasteiger partial charge in [0.15, 0.2) is 0 Å². The van der Waals surface area contributed by atoms with Gasteiger partial charge in [-0.2, -0.15) is 13.2 Å². The van der Waals surface area contributed by atoms with Gasteiger partial charge in [0, 0.05) is 19.3 Å². The second-order valence-corrected chi connectivity index (χ2v) is 6.91. The number of aromatic nitrogens is 1. The van der Waals surface area contributed by atoms with Gasteiger partial charge in [0.25, 0.3) is 0 Å². The molecule has 2 heterocycles. The zero-order valence-electron chi connectivity index (χ0n) is 12.6. The first kappa shape index (κ1) is 17.1. The average Bonchev–Trinajstić information content (AvgIpc) is 2.43. The highest BCUT2D eigenvalue weighted by Gasteiger charge is 2.30. The summed E-state index contributed by atoms with van der Waals surface area (Å²) < 4.78 is 37.3. The van der Waals surface area contributed by atoms with E-state index >= 15 is 0 Å². The van der Waals surface area contributed by atoms with Gasteiger partial charge >= 0.3 is 6.18 Å². The highest BCUT2D eigenvalue weighted by atomic mass is 32.2. The van der Waals surface area contributed by atoms with Gasteiger partial charge in [-0.1, -0.05) is 25.6 Å². The highest BCUT2D eigenvalue weighted by Crippen LogP contribution is 2.29. The summed E-state index contributed by atoms with van der Waals surface area (Å²) in [5, 5.41) is 0.430. The van der Waals surface area contributed by atoms with Crippen molar-refractivity contribution in [2.24, 2.45) is 11.8 Å². The Labute approximate surface area is 132 Å². The Hall–Kier alpha value is -1.24. The molecule has 2 rings (SSSR count). The van der Waals surface area contributed by atoms with E-state index in [4.69, 9.17) is 0 Å². The monoisotopic (exact) mass is 332 g/mol. The quantitative estimate of drug-likeness (QED) is 0.792. The van der Waals surface area contributed by atoms with Gasteiger partial charge in [0.2, 0.25) is 5.91 Å². The van der Waals surface area contributed by atoms with E-state index in [0.717, 1.165) is 31.8 Å². The maximum atomic E-state index is 12.4. The Kier molecular flexibility index (Phi) is 5.36. The van der Waals surface area contributed by atoms with Gasteiger partial charge < -0.3 is 4.90 Å². The third-order valence-corrected chi connectivity index (χ3v) is 4.56. The molecule has 1 amide bonds. The lowest BCUT2D eigenvalue weighted by atomic mass is 9.92. The molecular formula is C15H19F3N2OS. The molecule has 3 nitrogen and oxygen atoms in total. The number of thioether (sulfide) groups is 1. The maximum absolute atomic E-state index is 12.4. The van der Waals surface area contributed by atoms with Crippen molar-refractivity contribution in [3.8, 4) is 0 Å². The van der Waals surface area contributed by atoms with Gasteiger partial charge in [0.05, 0.1) is 16.3 Å². The number of likely N-dealkylation sites (tertiary alicyclic amines) is 1. The third kappa shape index (κ3) is 4.63. The molecule has 22 heavy (non-hydrogen) atoms. The summed E-state index contributed by atoms with van der Waals surface area (Å²) in [6.45, 7) is 5.76. The molecule has 0 aromatic carbocycles. The van der Waals surface area contributed by atoms with Crippen LogP contribution in [-0.2, 0) is 11.0 Å². The number of piperidine rings is 1. The minimum Gasteiger partial charge on any atom is -0.341 e. The SMILES string of the molecule is C[C@@H]1C[C@@H](C)CN(C(=O)CSc2ccc(C(F)(F)F)cn2)C1. The molecule has 1 aromatic heterocycles. The fraction of sp³-hybridized carbons (Fsp3) is 0.600. The summed E-state index contributed by atoms with van der Waals surface area (Å²) in [7, 11) is 0. The lowest BCUT2D eigenvalue weighted by Crippen LogP contribution is -2.43. The predicted octanol–water partition coefficient (Wildman–Crippen LogP) is 3.70. The molecule has 7 heteroatoms. The van der Waals surface area contributed by atoms with E-state index in [0.29, 0.717) is 16.9 Å². The Morgan fingerprint density at radius 2 is 1.95 bits per heavy atom. The van der Waals surface area contributed by atoms with Crippen LogP contribution in [0, 0.1) is 11.8 Å². The first-order chi connectivity index (χ1) is 10.3. The molecule has 122 valence electrons. The van der Waals surface area contributed by atoms with Crippen LogP contribution in [0.25, 0.3) is 0 Å². The van der Waals surface area contributed by atoms with Gasteiger partial charge in [-0.3, -0.25) is 4.79 Å². The van der Waals surface area contributed by atoms with Gasteiger partial charge in [-0.15, -0.1) is 0 Å². The minimum absolute atomic E-state index is 0.0186. The van der Waals surface area contributed by atoms with Crippen LogP contribution >= 0.6 is 11.8 Å². The standard InChI is InChI=1S/C15H19F3N2OS/c1-10-5-11(2)8-20(7-10)14(21)9-22-13-4-3-12(6-19-13)15(16,17)18/h3-4,6,10-11H,5,7-9H2,1-2H3/t10-,11-/m1/s1. The van der Waals surface area contributed by atoms with Crippen molar-refractivity contribution in [1.82, 2.24) is 9.88 Å². The molecule has 0 aliphatic carbocycles. The molecule has 0 unspecified atom stereocenters. The molecule has 0 radical (unpaired) electrons. The zero-order chi connectivity index (χ0) is 16.3. The van der Waals surface area contributed by atoms with Crippen LogP contribution in [0.15, 0.2) is 23.4 Å². The van der Waals surface area contributed by atoms with Crippen LogP contribution in [0.1, 0.15) is 25.8 Å². The number of carbonyl (C=O) groups is 1. The third-order valence-electron chi connectivity index (χ3n) is 3.63. The number of amides is 1. The topological polar surface area (TPSA) is 33.2 Å². The van der Waals surface area contributed by atoms with E-state index in [-0.39, 0.29) is 11.7 Å². The summed E-state index contributed by atoms with van der Waals surface area (Å²) in [6, 6.07) is 2.30. The number of hydrogen-bond donors (Lipinski definition) is 0. The van der Waals surface area contributed by atoms with Gasteiger partial charge in [-0.05, 0) is 30.4 Å². The fourth-order valence-electron chi connectivity index (χ4n) is 2.73. The van der Waals surface area contributed by atoms with Crippen molar-refractivity contribution in [1.29, 1.82) is 0 Å². The van der Waals surface area contributed by atoms with Gasteiger partial charge in [0.1, 0.15) is 0 Å². The largest absolute Gasteiger partial charge is 0.417 e. The van der Waals surface area contributed by atoms with Crippen LogP contribution < -0.4 is 0 Å². The molecule has 1 aliphatic heterocycles. The summed E-state index contributed by atoms with van der Waals surface area (Å²) in [5.74, 6) is 1.20. The Balaban J connectivity index is 1.88. The van der Waals surface area contributed by atoms with Crippen molar-refractivity contribution in [3.05, 3.63) is 23.9 Å². The second-order valence-electron chi connectivity index (χ2n) is 5.92. The molecule has 1 aromatic rings. The average molecular weight is 332 g/mol. The first-order valence-corrected chi connectivity index (χ1v) is 8.18. The van der Waals surface area contributed by atoms with Crippen LogP contribution in [0.2, 0.25) is 0 Å². The molecule has 1 saturated heterocycles. The second kappa shape index (κ2) is 6.89. The maximum Gasteiger partial charge on any atom is 0.417 e. The lowest BCUT2D eigenvalue weighted by molar-refractivity contribution is -0.138. The lowest BCUT2D eigenvalue weighted by Gasteiger charge is -2.35. The van der Waals surface area contributed by atoms with Crippen LogP contribution in [-0.4, -0.2) is 34.6 Å². The van der Waals surface area contributed by atoms with E-state index in [1.165, 1.54) is 17.8 Å². The smallest absolute Gasteiger partial charge is 0.341 e. The number of nitrogens with zero attached hydrogens (tertiary/aromatic N) is 2. The normalized spacial score (nSPS) is 22.7. The summed E-state index contributed by atoms with van der Waals surface area (Å²) in [4.78, 5) is 17.8. The Morgan fingerprint density at radius 3 is 2.45 bits per heavy atom. The molecular weight excluding hydrogens is 313 g/mol. The van der Waals surface area contributed by atoms with Crippen LogP contribution in [0.3, 0.4) is 0 Å². The van der Waals surface area contributed by atoms with Crippen molar-refractivity contribution >= 4 is 17.7 Å². The number of hydrogen-bond acceptors (Lipinski definition) is 3. The van der Waals surface area contributed by atoms with Crippen LogP contribution in [0.4, 0.5) is 13.2 Å². The molecule has 0 spiro atoms. The Bertz CT molecular complexity index is 509. The van der Waals surface area contributed by atoms with Gasteiger partial charge in [-0.25, -0.2) is 4.98 Å². The van der Waals surface area contributed by atoms with E-state index in [2.05, 4.69) is 18.8 Å². The molecule has 0 saturated carbocycles. The fourth-order valence-corrected chi connectivity index (χ4v) is 3.47. The minimum atomic E-state index is -4.38. The van der Waals surface area contributed by atoms with E-state index in [1.54, 1.807) is 0 Å². The Morgan fingerprint density at radius 1 is 1.32 bits per heavy atom. The van der Waals surface area contributed by atoms with Crippen molar-refractivity contribution in [2.45, 2.75) is 31.5 Å². The predicted molar refractivity (Wildman–Crippen MR) is 79.5 cm³/mol.